The van der Waals surface area contributed by atoms with Crippen LogP contribution in [0.4, 0.5) is 5.69 Å². The van der Waals surface area contributed by atoms with Gasteiger partial charge in [-0.15, -0.1) is 0 Å². The molecule has 0 spiro atoms. The fourth-order valence-electron chi connectivity index (χ4n) is 3.73. The van der Waals surface area contributed by atoms with E-state index in [-0.39, 0.29) is 5.91 Å². The first-order valence-electron chi connectivity index (χ1n) is 7.56. The summed E-state index contributed by atoms with van der Waals surface area (Å²) in [6.45, 7) is 1.39. The number of hydrogen-bond acceptors (Lipinski definition) is 3. The number of aryl methyl sites for hydroxylation is 1. The second-order valence-electron chi connectivity index (χ2n) is 6.02. The molecule has 22 heavy (non-hydrogen) atoms. The maximum Gasteiger partial charge on any atom is 0.236 e. The number of fused-ring (bicyclic) bond motifs is 2. The molecular weight excluding hydrogens is 278 g/mol. The maximum absolute atomic E-state index is 12.5. The Kier molecular flexibility index (Phi) is 2.70. The van der Waals surface area contributed by atoms with Gasteiger partial charge in [-0.3, -0.25) is 14.4 Å². The highest BCUT2D eigenvalue weighted by atomic mass is 16.2. The molecule has 0 radical (unpaired) electrons. The van der Waals surface area contributed by atoms with Crippen molar-refractivity contribution in [3.63, 3.8) is 0 Å². The molecule has 0 saturated carbocycles. The lowest BCUT2D eigenvalue weighted by atomic mass is 9.85. The summed E-state index contributed by atoms with van der Waals surface area (Å²) in [5, 5.41) is 4.31. The fraction of sp³-hybridized carbons (Fsp3) is 0.278. The van der Waals surface area contributed by atoms with Crippen molar-refractivity contribution in [2.75, 3.05) is 5.32 Å². The predicted octanol–water partition coefficient (Wildman–Crippen LogP) is 3.06. The molecular formula is C18H15NO3. The fourth-order valence-corrected chi connectivity index (χ4v) is 3.73. The molecule has 1 amide bonds. The van der Waals surface area contributed by atoms with Gasteiger partial charge in [-0.25, -0.2) is 0 Å². The molecule has 4 heteroatoms. The summed E-state index contributed by atoms with van der Waals surface area (Å²) in [5.41, 5.74) is 3.61. The normalized spacial score (nSPS) is 16.0. The third-order valence-electron chi connectivity index (χ3n) is 4.60. The van der Waals surface area contributed by atoms with E-state index in [4.69, 9.17) is 0 Å². The molecule has 0 atom stereocenters. The van der Waals surface area contributed by atoms with Crippen LogP contribution in [0.5, 0.6) is 0 Å². The third-order valence-corrected chi connectivity index (χ3v) is 4.60. The Labute approximate surface area is 127 Å². The summed E-state index contributed by atoms with van der Waals surface area (Å²) in [6, 6.07) is 5.70. The van der Waals surface area contributed by atoms with Gasteiger partial charge in [0.15, 0.2) is 0 Å². The number of hydrogen-bond donors (Lipinski definition) is 1. The Morgan fingerprint density at radius 3 is 2.55 bits per heavy atom. The minimum Gasteiger partial charge on any atom is -0.326 e. The van der Waals surface area contributed by atoms with Gasteiger partial charge in [0.1, 0.15) is 0 Å². The van der Waals surface area contributed by atoms with Gasteiger partial charge in [-0.05, 0) is 48.3 Å². The standard InChI is InChI=1S/C18H15NO3/c1-9(20)19-13-7-6-11-8-10-4-2-3-5-12(10)15-14(11)16(13)18(22)17(15)21/h6-8H,2-5H2,1H3,(H,19,20). The van der Waals surface area contributed by atoms with E-state index in [9.17, 15) is 14.4 Å². The lowest BCUT2D eigenvalue weighted by Gasteiger charge is -2.19. The average molecular weight is 293 g/mol. The number of amides is 1. The van der Waals surface area contributed by atoms with Crippen LogP contribution in [-0.4, -0.2) is 17.5 Å². The molecule has 2 aliphatic carbocycles. The van der Waals surface area contributed by atoms with Crippen molar-refractivity contribution in [1.29, 1.82) is 0 Å². The summed E-state index contributed by atoms with van der Waals surface area (Å²) in [7, 11) is 0. The van der Waals surface area contributed by atoms with Gasteiger partial charge in [0.2, 0.25) is 17.5 Å². The second kappa shape index (κ2) is 4.50. The van der Waals surface area contributed by atoms with Crippen LogP contribution in [-0.2, 0) is 17.6 Å². The zero-order chi connectivity index (χ0) is 15.4. The van der Waals surface area contributed by atoms with E-state index < -0.39 is 11.6 Å². The van der Waals surface area contributed by atoms with Crippen molar-refractivity contribution in [1.82, 2.24) is 0 Å². The van der Waals surface area contributed by atoms with Crippen LogP contribution in [0.25, 0.3) is 10.8 Å². The van der Waals surface area contributed by atoms with Crippen molar-refractivity contribution in [2.24, 2.45) is 0 Å². The van der Waals surface area contributed by atoms with E-state index in [0.29, 0.717) is 16.8 Å². The monoisotopic (exact) mass is 293 g/mol. The van der Waals surface area contributed by atoms with Gasteiger partial charge >= 0.3 is 0 Å². The second-order valence-corrected chi connectivity index (χ2v) is 6.02. The molecule has 0 saturated heterocycles. The van der Waals surface area contributed by atoms with Crippen LogP contribution < -0.4 is 5.32 Å². The van der Waals surface area contributed by atoms with E-state index >= 15 is 0 Å². The van der Waals surface area contributed by atoms with E-state index in [1.165, 1.54) is 12.5 Å². The van der Waals surface area contributed by atoms with Crippen molar-refractivity contribution in [3.8, 4) is 0 Å². The van der Waals surface area contributed by atoms with Crippen LogP contribution in [0.15, 0.2) is 18.2 Å². The van der Waals surface area contributed by atoms with Gasteiger partial charge in [0.25, 0.3) is 0 Å². The predicted molar refractivity (Wildman–Crippen MR) is 83.6 cm³/mol. The minimum absolute atomic E-state index is 0.248. The molecule has 2 aliphatic rings. The summed E-state index contributed by atoms with van der Waals surface area (Å²) in [4.78, 5) is 36.3. The molecule has 110 valence electrons. The number of Topliss-reactive ketones (excluding diaryl/α,β-unsaturated/α-hetero) is 2. The van der Waals surface area contributed by atoms with Gasteiger partial charge in [-0.2, -0.15) is 0 Å². The Bertz CT molecular complexity index is 880. The first-order valence-corrected chi connectivity index (χ1v) is 7.56. The number of benzene rings is 2. The van der Waals surface area contributed by atoms with Crippen LogP contribution in [0.3, 0.4) is 0 Å². The molecule has 4 nitrogen and oxygen atoms in total. The van der Waals surface area contributed by atoms with Crippen molar-refractivity contribution < 1.29 is 14.4 Å². The molecule has 2 aromatic rings. The topological polar surface area (TPSA) is 63.2 Å². The van der Waals surface area contributed by atoms with Crippen LogP contribution in [0, 0.1) is 0 Å². The van der Waals surface area contributed by atoms with Gasteiger partial charge in [-0.1, -0.05) is 12.1 Å². The smallest absolute Gasteiger partial charge is 0.236 e. The van der Waals surface area contributed by atoms with Crippen LogP contribution in [0.2, 0.25) is 0 Å². The molecule has 1 N–H and O–H groups in total. The van der Waals surface area contributed by atoms with E-state index in [0.717, 1.165) is 42.0 Å². The highest BCUT2D eigenvalue weighted by molar-refractivity contribution is 6.58. The average Bonchev–Trinajstić information content (AvgIpc) is 2.76. The zero-order valence-corrected chi connectivity index (χ0v) is 12.3. The number of rotatable bonds is 1. The Hall–Kier alpha value is -2.49. The van der Waals surface area contributed by atoms with E-state index in [1.807, 2.05) is 6.07 Å². The van der Waals surface area contributed by atoms with Crippen LogP contribution >= 0.6 is 0 Å². The molecule has 0 unspecified atom stereocenters. The van der Waals surface area contributed by atoms with Crippen LogP contribution in [0.1, 0.15) is 51.6 Å². The van der Waals surface area contributed by atoms with Gasteiger partial charge in [0, 0.05) is 17.9 Å². The summed E-state index contributed by atoms with van der Waals surface area (Å²) in [6.07, 6.45) is 3.98. The van der Waals surface area contributed by atoms with Gasteiger partial charge in [0.05, 0.1) is 11.3 Å². The molecule has 2 aromatic carbocycles. The summed E-state index contributed by atoms with van der Waals surface area (Å²) < 4.78 is 0. The Morgan fingerprint density at radius 2 is 1.77 bits per heavy atom. The first-order chi connectivity index (χ1) is 10.6. The highest BCUT2D eigenvalue weighted by Crippen LogP contribution is 2.40. The highest BCUT2D eigenvalue weighted by Gasteiger charge is 2.36. The molecule has 4 rings (SSSR count). The number of carbonyl (C=O) groups is 3. The number of carbonyl (C=O) groups excluding carboxylic acids is 3. The molecule has 0 aromatic heterocycles. The molecule has 0 fully saturated rings. The molecule has 0 heterocycles. The lowest BCUT2D eigenvalue weighted by molar-refractivity contribution is -0.114. The quantitative estimate of drug-likeness (QED) is 0.822. The van der Waals surface area contributed by atoms with E-state index in [2.05, 4.69) is 11.4 Å². The number of nitrogens with one attached hydrogen (secondary N) is 1. The largest absolute Gasteiger partial charge is 0.326 e. The van der Waals surface area contributed by atoms with Crippen molar-refractivity contribution in [3.05, 3.63) is 40.5 Å². The van der Waals surface area contributed by atoms with Gasteiger partial charge < -0.3 is 5.32 Å². The molecule has 0 aliphatic heterocycles. The third kappa shape index (κ3) is 1.67. The Balaban J connectivity index is 2.09. The lowest BCUT2D eigenvalue weighted by Crippen LogP contribution is -2.13. The Morgan fingerprint density at radius 1 is 1.05 bits per heavy atom. The first kappa shape index (κ1) is 13.2. The van der Waals surface area contributed by atoms with E-state index in [1.54, 1.807) is 6.07 Å². The molecule has 0 bridgehead atoms. The zero-order valence-electron chi connectivity index (χ0n) is 12.3. The number of ketones is 2. The summed E-state index contributed by atoms with van der Waals surface area (Å²) in [5.74, 6) is -1.16. The van der Waals surface area contributed by atoms with Crippen molar-refractivity contribution >= 4 is 33.9 Å². The van der Waals surface area contributed by atoms with Crippen molar-refractivity contribution in [2.45, 2.75) is 32.6 Å². The maximum atomic E-state index is 12.5. The minimum atomic E-state index is -0.497. The number of anilines is 1. The summed E-state index contributed by atoms with van der Waals surface area (Å²) >= 11 is 0. The SMILES string of the molecule is CC(=O)Nc1ccc2cc3c(c4c2c1C(=O)C4=O)CCCC3.